The van der Waals surface area contributed by atoms with Crippen molar-refractivity contribution in [3.63, 3.8) is 0 Å². The van der Waals surface area contributed by atoms with Crippen molar-refractivity contribution in [3.05, 3.63) is 23.0 Å². The second kappa shape index (κ2) is 5.55. The minimum absolute atomic E-state index is 0.00597. The number of nitrogens with zero attached hydrogens (tertiary/aromatic N) is 2. The zero-order valence-electron chi connectivity index (χ0n) is 11.5. The van der Waals surface area contributed by atoms with Crippen molar-refractivity contribution in [2.24, 2.45) is 0 Å². The molecule has 0 radical (unpaired) electrons. The third-order valence-electron chi connectivity index (χ3n) is 3.77. The fourth-order valence-electron chi connectivity index (χ4n) is 2.54. The van der Waals surface area contributed by atoms with Crippen LogP contribution >= 0.6 is 11.6 Å². The zero-order chi connectivity index (χ0) is 14.0. The fraction of sp³-hybridized carbons (Fsp3) is 0.643. The summed E-state index contributed by atoms with van der Waals surface area (Å²) in [7, 11) is 0. The third-order valence-corrected chi connectivity index (χ3v) is 3.98. The summed E-state index contributed by atoms with van der Waals surface area (Å²) in [4.78, 5) is 14.3. The van der Waals surface area contributed by atoms with Gasteiger partial charge in [0.05, 0.1) is 10.6 Å². The summed E-state index contributed by atoms with van der Waals surface area (Å²) in [5, 5.41) is 10.7. The molecule has 0 aliphatic carbocycles. The highest BCUT2D eigenvalue weighted by atomic mass is 35.5. The van der Waals surface area contributed by atoms with Crippen LogP contribution in [0.1, 0.15) is 43.6 Å². The number of rotatable bonds is 2. The Morgan fingerprint density at radius 3 is 2.89 bits per heavy atom. The van der Waals surface area contributed by atoms with Crippen LogP contribution in [-0.4, -0.2) is 39.2 Å². The number of aliphatic hydroxyl groups is 1. The topological polar surface area (TPSA) is 45.5 Å². The summed E-state index contributed by atoms with van der Waals surface area (Å²) in [6.07, 6.45) is 3.98. The Bertz CT molecular complexity index is 468. The predicted octanol–water partition coefficient (Wildman–Crippen LogP) is 2.54. The second-order valence-corrected chi connectivity index (χ2v) is 5.91. The molecule has 0 spiro atoms. The first-order valence-electron chi connectivity index (χ1n) is 6.80. The molecule has 1 atom stereocenters. The summed E-state index contributed by atoms with van der Waals surface area (Å²) in [5.41, 5.74) is -0.0200. The number of hydrogen-bond donors (Lipinski definition) is 1. The van der Waals surface area contributed by atoms with Crippen LogP contribution < -0.4 is 0 Å². The van der Waals surface area contributed by atoms with E-state index in [0.29, 0.717) is 30.2 Å². The molecule has 1 N–H and O–H groups in total. The lowest BCUT2D eigenvalue weighted by Crippen LogP contribution is -2.34. The van der Waals surface area contributed by atoms with Crippen LogP contribution in [0.3, 0.4) is 0 Å². The van der Waals surface area contributed by atoms with Gasteiger partial charge in [0.15, 0.2) is 0 Å². The lowest BCUT2D eigenvalue weighted by molar-refractivity contribution is 0.0437. The van der Waals surface area contributed by atoms with Crippen LogP contribution in [0.4, 0.5) is 0 Å². The van der Waals surface area contributed by atoms with E-state index in [0.717, 1.165) is 19.4 Å². The number of carbonyl (C=O) groups excluding carboxylic acids is 1. The molecule has 1 aliphatic rings. The molecule has 106 valence electrons. The van der Waals surface area contributed by atoms with Crippen molar-refractivity contribution < 1.29 is 9.90 Å². The molecule has 0 saturated carbocycles. The van der Waals surface area contributed by atoms with Gasteiger partial charge < -0.3 is 14.6 Å². The van der Waals surface area contributed by atoms with Gasteiger partial charge in [0, 0.05) is 25.8 Å². The Balaban J connectivity index is 2.15. The number of aryl methyl sites for hydroxylation is 1. The zero-order valence-corrected chi connectivity index (χ0v) is 12.3. The number of hydrogen-bond acceptors (Lipinski definition) is 2. The van der Waals surface area contributed by atoms with Gasteiger partial charge in [-0.3, -0.25) is 4.79 Å². The first-order valence-corrected chi connectivity index (χ1v) is 7.18. The smallest absolute Gasteiger partial charge is 0.270 e. The second-order valence-electron chi connectivity index (χ2n) is 5.47. The van der Waals surface area contributed by atoms with E-state index in [1.54, 1.807) is 12.3 Å². The molecular weight excluding hydrogens is 264 g/mol. The van der Waals surface area contributed by atoms with E-state index < -0.39 is 5.60 Å². The van der Waals surface area contributed by atoms with Gasteiger partial charge in [0.2, 0.25) is 0 Å². The summed E-state index contributed by atoms with van der Waals surface area (Å²) in [6.45, 7) is 5.84. The fourth-order valence-corrected chi connectivity index (χ4v) is 2.77. The van der Waals surface area contributed by atoms with Crippen molar-refractivity contribution in [1.29, 1.82) is 0 Å². The Labute approximate surface area is 119 Å². The van der Waals surface area contributed by atoms with Gasteiger partial charge in [-0.2, -0.15) is 0 Å². The minimum Gasteiger partial charge on any atom is -0.390 e. The average molecular weight is 285 g/mol. The lowest BCUT2D eigenvalue weighted by atomic mass is 9.98. The molecule has 4 nitrogen and oxygen atoms in total. The number of carbonyl (C=O) groups is 1. The molecule has 1 saturated heterocycles. The van der Waals surface area contributed by atoms with Gasteiger partial charge in [-0.15, -0.1) is 0 Å². The Morgan fingerprint density at radius 1 is 1.47 bits per heavy atom. The van der Waals surface area contributed by atoms with Gasteiger partial charge in [-0.25, -0.2) is 0 Å². The van der Waals surface area contributed by atoms with E-state index in [-0.39, 0.29) is 5.91 Å². The van der Waals surface area contributed by atoms with Crippen molar-refractivity contribution in [3.8, 4) is 0 Å². The summed E-state index contributed by atoms with van der Waals surface area (Å²) < 4.78 is 1.87. The molecule has 5 heteroatoms. The summed E-state index contributed by atoms with van der Waals surface area (Å²) in [6, 6.07) is 1.72. The molecule has 19 heavy (non-hydrogen) atoms. The molecule has 0 aromatic carbocycles. The SMILES string of the molecule is CCn1cc(Cl)cc1C(=O)N1CCCC(C)(O)CC1. The quantitative estimate of drug-likeness (QED) is 0.907. The van der Waals surface area contributed by atoms with Crippen LogP contribution in [-0.2, 0) is 6.54 Å². The van der Waals surface area contributed by atoms with Gasteiger partial charge >= 0.3 is 0 Å². The predicted molar refractivity (Wildman–Crippen MR) is 75.5 cm³/mol. The maximum absolute atomic E-state index is 12.5. The Kier molecular flexibility index (Phi) is 4.21. The number of aromatic nitrogens is 1. The Hall–Kier alpha value is -1.00. The highest BCUT2D eigenvalue weighted by molar-refractivity contribution is 6.31. The average Bonchev–Trinajstić information content (AvgIpc) is 2.63. The molecule has 1 fully saturated rings. The summed E-state index contributed by atoms with van der Waals surface area (Å²) >= 11 is 5.97. The molecule has 1 aliphatic heterocycles. The van der Waals surface area contributed by atoms with Crippen LogP contribution in [0.5, 0.6) is 0 Å². The van der Waals surface area contributed by atoms with Crippen molar-refractivity contribution in [2.45, 2.75) is 45.3 Å². The van der Waals surface area contributed by atoms with Gasteiger partial charge in [0.1, 0.15) is 5.69 Å². The van der Waals surface area contributed by atoms with E-state index in [4.69, 9.17) is 11.6 Å². The van der Waals surface area contributed by atoms with Crippen LogP contribution in [0.25, 0.3) is 0 Å². The third kappa shape index (κ3) is 3.31. The normalized spacial score (nSPS) is 24.3. The van der Waals surface area contributed by atoms with Gasteiger partial charge in [-0.05, 0) is 39.2 Å². The first kappa shape index (κ1) is 14.4. The van der Waals surface area contributed by atoms with E-state index in [2.05, 4.69) is 0 Å². The van der Waals surface area contributed by atoms with E-state index >= 15 is 0 Å². The highest BCUT2D eigenvalue weighted by Gasteiger charge is 2.28. The monoisotopic (exact) mass is 284 g/mol. The largest absolute Gasteiger partial charge is 0.390 e. The molecule has 1 amide bonds. The number of halogens is 1. The van der Waals surface area contributed by atoms with Crippen molar-refractivity contribution in [1.82, 2.24) is 9.47 Å². The number of likely N-dealkylation sites (tertiary alicyclic amines) is 1. The summed E-state index contributed by atoms with van der Waals surface area (Å²) in [5.74, 6) is 0.00597. The molecule has 0 bridgehead atoms. The van der Waals surface area contributed by atoms with Crippen LogP contribution in [0.2, 0.25) is 5.02 Å². The number of amides is 1. The maximum Gasteiger partial charge on any atom is 0.270 e. The molecule has 1 unspecified atom stereocenters. The Morgan fingerprint density at radius 2 is 2.21 bits per heavy atom. The van der Waals surface area contributed by atoms with E-state index in [9.17, 15) is 9.90 Å². The molecular formula is C14H21ClN2O2. The van der Waals surface area contributed by atoms with Crippen molar-refractivity contribution >= 4 is 17.5 Å². The molecule has 2 heterocycles. The standard InChI is InChI=1S/C14H21ClN2O2/c1-3-16-10-11(15)9-12(16)13(18)17-7-4-5-14(2,19)6-8-17/h9-10,19H,3-8H2,1-2H3. The first-order chi connectivity index (χ1) is 8.93. The molecule has 2 rings (SSSR count). The van der Waals surface area contributed by atoms with Crippen molar-refractivity contribution in [2.75, 3.05) is 13.1 Å². The molecule has 1 aromatic heterocycles. The lowest BCUT2D eigenvalue weighted by Gasteiger charge is -2.23. The minimum atomic E-state index is -0.653. The highest BCUT2D eigenvalue weighted by Crippen LogP contribution is 2.23. The van der Waals surface area contributed by atoms with E-state index in [1.165, 1.54) is 0 Å². The van der Waals surface area contributed by atoms with E-state index in [1.807, 2.05) is 23.3 Å². The molecule has 1 aromatic rings. The van der Waals surface area contributed by atoms with Gasteiger partial charge in [0.25, 0.3) is 5.91 Å². The van der Waals surface area contributed by atoms with Crippen LogP contribution in [0.15, 0.2) is 12.3 Å². The van der Waals surface area contributed by atoms with Gasteiger partial charge in [-0.1, -0.05) is 11.6 Å². The maximum atomic E-state index is 12.5. The van der Waals surface area contributed by atoms with Crippen LogP contribution in [0, 0.1) is 0 Å².